The van der Waals surface area contributed by atoms with Crippen LogP contribution in [0, 0.1) is 0 Å². The molecule has 3 saturated heterocycles. The highest BCUT2D eigenvalue weighted by Gasteiger charge is 2.55. The number of morpholine rings is 1. The fraction of sp³-hybridized carbons (Fsp3) is 0.510. The first kappa shape index (κ1) is 54.3. The lowest BCUT2D eigenvalue weighted by Crippen LogP contribution is -2.55. The molecule has 3 aliphatic heterocycles. The number of hydrogen-bond donors (Lipinski definition) is 6. The molecular weight excluding hydrogens is 985 g/mol. The Kier molecular flexibility index (Phi) is 16.6. The second-order valence-electron chi connectivity index (χ2n) is 19.1. The van der Waals surface area contributed by atoms with Gasteiger partial charge in [0, 0.05) is 101 Å². The Morgan fingerprint density at radius 2 is 1.61 bits per heavy atom. The number of fused-ring (bicyclic) bond motifs is 6. The summed E-state index contributed by atoms with van der Waals surface area (Å²) in [5.74, 6) is -4.23. The van der Waals surface area contributed by atoms with Gasteiger partial charge in [0.25, 0.3) is 0 Å². The van der Waals surface area contributed by atoms with Gasteiger partial charge >= 0.3 is 18.2 Å². The highest BCUT2D eigenvalue weighted by Crippen LogP contribution is 2.53. The molecule has 3 aromatic rings. The molecule has 404 valence electrons. The fourth-order valence-electron chi connectivity index (χ4n) is 10.2. The van der Waals surface area contributed by atoms with Gasteiger partial charge in [0.2, 0.25) is 17.5 Å². The number of nitrogens with two attached hydrogens (primary N) is 1. The first-order valence-electron chi connectivity index (χ1n) is 24.5. The van der Waals surface area contributed by atoms with Crippen LogP contribution >= 0.6 is 0 Å². The molecule has 5 aliphatic rings. The Bertz CT molecular complexity index is 2700. The standard InChI is InChI=1S/C51H62N6O18/c1-26-45-31(57-19-20-70-47(69-5)46(57)75-45)21-36(73-26)74-33-23-51(67,22-30-38(33)44(63)40-39(42(30)61)41(60)29-9-8-10-32(68-4)37(29)43(40)62)34(58)25-72-50(66)56(3)18-17-55(2)49(65)71-24-27-12-14-28(15-13-27)54-35(59)11-6-7-16-53-48(52)64/h8-10,12-15,26,31,33,36,45-47,61,63,67H,6-7,11,16-25H2,1-5H3,(H,54,59)(H3,52,53,64)/t26-,31-,33-,36-,45+,46+,47-,51-/m0/s1. The molecule has 0 bridgehead atoms. The third-order valence-corrected chi connectivity index (χ3v) is 14.2. The maximum atomic E-state index is 14.3. The number of likely N-dealkylation sites (N-methyl/N-ethyl adjacent to an activating group) is 2. The molecule has 0 radical (unpaired) electrons. The van der Waals surface area contributed by atoms with E-state index in [9.17, 15) is 48.9 Å². The number of phenolic OH excluding ortho intramolecular Hbond substituents is 2. The minimum absolute atomic E-state index is 0.0119. The maximum absolute atomic E-state index is 14.3. The summed E-state index contributed by atoms with van der Waals surface area (Å²) in [4.78, 5) is 96.1. The first-order chi connectivity index (χ1) is 35.8. The van der Waals surface area contributed by atoms with E-state index in [0.29, 0.717) is 43.8 Å². The van der Waals surface area contributed by atoms with Crippen molar-refractivity contribution in [2.75, 3.05) is 73.0 Å². The van der Waals surface area contributed by atoms with Gasteiger partial charge < -0.3 is 79.4 Å². The normalized spacial score (nSPS) is 24.6. The first-order valence-corrected chi connectivity index (χ1v) is 24.5. The average Bonchev–Trinajstić information content (AvgIpc) is 3.78. The van der Waals surface area contributed by atoms with Crippen LogP contribution in [0.1, 0.15) is 93.7 Å². The van der Waals surface area contributed by atoms with Crippen molar-refractivity contribution in [2.24, 2.45) is 5.73 Å². The molecule has 8 atom stereocenters. The van der Waals surface area contributed by atoms with Crippen LogP contribution in [0.5, 0.6) is 17.2 Å². The molecule has 0 spiro atoms. The number of Topliss-reactive ketones (excluding diaryl/α,β-unsaturated/α-hetero) is 1. The van der Waals surface area contributed by atoms with Crippen molar-refractivity contribution in [3.63, 3.8) is 0 Å². The van der Waals surface area contributed by atoms with Crippen LogP contribution in [0.4, 0.5) is 20.1 Å². The summed E-state index contributed by atoms with van der Waals surface area (Å²) in [5, 5.41) is 41.7. The molecule has 0 unspecified atom stereocenters. The molecule has 3 aromatic carbocycles. The SMILES string of the molecule is COc1cccc2c1C(=O)c1c(O)c3c(c(O)c1C2=O)C[C@@](O)(C(=O)COC(=O)N(C)CCN(C)C(=O)OCc1ccc(NC(=O)CCCCNC(N)=O)cc1)C[C@@H]3O[C@H]1C[C@H]2[C@H](O[C@@H]3[C@@H](OC)OCCN32)[C@H](C)O1. The molecule has 24 heteroatoms. The van der Waals surface area contributed by atoms with Gasteiger partial charge in [-0.25, -0.2) is 14.4 Å². The lowest BCUT2D eigenvalue weighted by Gasteiger charge is -2.43. The minimum Gasteiger partial charge on any atom is -0.507 e. The quantitative estimate of drug-likeness (QED) is 0.0616. The van der Waals surface area contributed by atoms with E-state index in [4.69, 9.17) is 43.6 Å². The number of aromatic hydroxyl groups is 2. The molecule has 2 aliphatic carbocycles. The number of rotatable bonds is 18. The third kappa shape index (κ3) is 11.4. The Morgan fingerprint density at radius 3 is 2.31 bits per heavy atom. The van der Waals surface area contributed by atoms with Gasteiger partial charge in [-0.3, -0.25) is 24.1 Å². The van der Waals surface area contributed by atoms with Crippen molar-refractivity contribution < 1.29 is 86.8 Å². The maximum Gasteiger partial charge on any atom is 0.409 e. The fourth-order valence-corrected chi connectivity index (χ4v) is 10.2. The van der Waals surface area contributed by atoms with Gasteiger partial charge in [0.05, 0.1) is 42.6 Å². The minimum atomic E-state index is -2.44. The highest BCUT2D eigenvalue weighted by molar-refractivity contribution is 6.31. The molecule has 0 aromatic heterocycles. The van der Waals surface area contributed by atoms with Crippen molar-refractivity contribution in [3.8, 4) is 17.2 Å². The van der Waals surface area contributed by atoms with Crippen molar-refractivity contribution >= 4 is 47.2 Å². The van der Waals surface area contributed by atoms with E-state index >= 15 is 0 Å². The molecular formula is C51H62N6O18. The Morgan fingerprint density at radius 1 is 0.907 bits per heavy atom. The van der Waals surface area contributed by atoms with E-state index < -0.39 is 120 Å². The van der Waals surface area contributed by atoms with Crippen LogP contribution in [0.15, 0.2) is 42.5 Å². The summed E-state index contributed by atoms with van der Waals surface area (Å²) >= 11 is 0. The summed E-state index contributed by atoms with van der Waals surface area (Å²) in [6, 6.07) is 10.2. The number of carbonyl (C=O) groups is 7. The Labute approximate surface area is 431 Å². The van der Waals surface area contributed by atoms with Gasteiger partial charge in [-0.15, -0.1) is 0 Å². The number of benzene rings is 3. The van der Waals surface area contributed by atoms with Crippen LogP contribution < -0.4 is 21.1 Å². The number of nitrogens with zero attached hydrogens (tertiary/aromatic N) is 3. The van der Waals surface area contributed by atoms with E-state index in [0.717, 1.165) is 4.90 Å². The second kappa shape index (κ2) is 22.9. The zero-order chi connectivity index (χ0) is 53.9. The number of phenols is 2. The highest BCUT2D eigenvalue weighted by atomic mass is 16.7. The Hall–Kier alpha value is -6.93. The van der Waals surface area contributed by atoms with Crippen LogP contribution in [0.25, 0.3) is 0 Å². The van der Waals surface area contributed by atoms with Gasteiger partial charge in [0.15, 0.2) is 31.2 Å². The number of primary amides is 1. The van der Waals surface area contributed by atoms with Crippen molar-refractivity contribution in [2.45, 2.75) is 101 Å². The lowest BCUT2D eigenvalue weighted by atomic mass is 9.72. The summed E-state index contributed by atoms with van der Waals surface area (Å²) in [5.41, 5.74) is 2.13. The number of aliphatic hydroxyl groups is 1. The van der Waals surface area contributed by atoms with Crippen LogP contribution in [-0.2, 0) is 55.8 Å². The number of unbranched alkanes of at least 4 members (excludes halogenated alkanes) is 1. The molecule has 3 fully saturated rings. The monoisotopic (exact) mass is 1050 g/mol. The average molecular weight is 1050 g/mol. The molecule has 8 rings (SSSR count). The van der Waals surface area contributed by atoms with E-state index in [1.54, 1.807) is 31.2 Å². The molecule has 7 N–H and O–H groups in total. The number of methoxy groups -OCH3 is 2. The zero-order valence-corrected chi connectivity index (χ0v) is 42.2. The largest absolute Gasteiger partial charge is 0.507 e. The predicted molar refractivity (Wildman–Crippen MR) is 260 cm³/mol. The van der Waals surface area contributed by atoms with Gasteiger partial charge in [0.1, 0.15) is 35.6 Å². The third-order valence-electron chi connectivity index (χ3n) is 14.2. The number of urea groups is 1. The molecule has 0 saturated carbocycles. The summed E-state index contributed by atoms with van der Waals surface area (Å²) in [6.45, 7) is 1.92. The molecule has 5 amide bonds. The van der Waals surface area contributed by atoms with Crippen molar-refractivity contribution in [1.82, 2.24) is 20.0 Å². The van der Waals surface area contributed by atoms with Crippen LogP contribution in [0.3, 0.4) is 0 Å². The Balaban J connectivity index is 0.912. The number of ether oxygens (including phenoxy) is 8. The van der Waals surface area contributed by atoms with Gasteiger partial charge in [-0.05, 0) is 43.5 Å². The lowest BCUT2D eigenvalue weighted by molar-refractivity contribution is -0.256. The van der Waals surface area contributed by atoms with E-state index in [-0.39, 0.29) is 72.5 Å². The van der Waals surface area contributed by atoms with Crippen LogP contribution in [-0.4, -0.2) is 182 Å². The summed E-state index contributed by atoms with van der Waals surface area (Å²) in [6.07, 6.45) is -6.03. The van der Waals surface area contributed by atoms with Gasteiger partial charge in [-0.1, -0.05) is 24.3 Å². The van der Waals surface area contributed by atoms with Crippen LogP contribution in [0.2, 0.25) is 0 Å². The molecule has 3 heterocycles. The van der Waals surface area contributed by atoms with Gasteiger partial charge in [-0.2, -0.15) is 0 Å². The smallest absolute Gasteiger partial charge is 0.409 e. The zero-order valence-electron chi connectivity index (χ0n) is 42.2. The predicted octanol–water partition coefficient (Wildman–Crippen LogP) is 2.83. The molecule has 24 nitrogen and oxygen atoms in total. The number of amides is 5. The number of nitrogens with one attached hydrogen (secondary N) is 2. The number of carbonyl (C=O) groups excluding carboxylic acids is 7. The molecule has 75 heavy (non-hydrogen) atoms. The van der Waals surface area contributed by atoms with Crippen molar-refractivity contribution in [3.05, 3.63) is 81.4 Å². The number of hydrogen-bond acceptors (Lipinski definition) is 19. The van der Waals surface area contributed by atoms with E-state index in [2.05, 4.69) is 15.5 Å². The summed E-state index contributed by atoms with van der Waals surface area (Å²) < 4.78 is 46.7. The number of anilines is 1. The van der Waals surface area contributed by atoms with Crippen molar-refractivity contribution in [1.29, 1.82) is 0 Å². The van der Waals surface area contributed by atoms with E-state index in [1.165, 1.54) is 51.4 Å². The summed E-state index contributed by atoms with van der Waals surface area (Å²) in [7, 11) is 5.67. The van der Waals surface area contributed by atoms with E-state index in [1.807, 2.05) is 0 Å². The number of ketones is 3. The topological polar surface area (TPSA) is 314 Å². The second-order valence-corrected chi connectivity index (χ2v) is 19.1.